The lowest BCUT2D eigenvalue weighted by molar-refractivity contribution is 0.296. The van der Waals surface area contributed by atoms with E-state index in [1.165, 1.54) is 5.56 Å². The predicted molar refractivity (Wildman–Crippen MR) is 129 cm³/mol. The van der Waals surface area contributed by atoms with Gasteiger partial charge in [-0.15, -0.1) is 24.0 Å². The average molecular weight is 510 g/mol. The number of aliphatic imine (C=N–C) groups is 1. The lowest BCUT2D eigenvalue weighted by Gasteiger charge is -2.18. The van der Waals surface area contributed by atoms with Gasteiger partial charge in [-0.3, -0.25) is 4.90 Å². The fourth-order valence-corrected chi connectivity index (χ4v) is 3.06. The maximum atomic E-state index is 6.05. The largest absolute Gasteiger partial charge is 0.490 e. The summed E-state index contributed by atoms with van der Waals surface area (Å²) >= 11 is 0. The van der Waals surface area contributed by atoms with Crippen molar-refractivity contribution in [2.45, 2.75) is 33.4 Å². The molecule has 158 valence electrons. The van der Waals surface area contributed by atoms with Crippen LogP contribution in [0.4, 0.5) is 5.69 Å². The highest BCUT2D eigenvalue weighted by Gasteiger charge is 2.10. The van der Waals surface area contributed by atoms with E-state index in [-0.39, 0.29) is 24.0 Å². The van der Waals surface area contributed by atoms with Crippen LogP contribution in [-0.2, 0) is 13.1 Å². The van der Waals surface area contributed by atoms with Gasteiger partial charge in [0.25, 0.3) is 0 Å². The zero-order valence-corrected chi connectivity index (χ0v) is 19.5. The third-order valence-corrected chi connectivity index (χ3v) is 4.78. The van der Waals surface area contributed by atoms with Crippen LogP contribution in [0.1, 0.15) is 31.4 Å². The van der Waals surface area contributed by atoms with E-state index in [1.807, 2.05) is 18.2 Å². The number of nitrogens with one attached hydrogen (secondary N) is 1. The van der Waals surface area contributed by atoms with Crippen LogP contribution in [0.15, 0.2) is 47.5 Å². The Balaban J connectivity index is 0.00000300. The third kappa shape index (κ3) is 7.08. The zero-order valence-electron chi connectivity index (χ0n) is 17.2. The molecule has 0 fully saturated rings. The van der Waals surface area contributed by atoms with Crippen molar-refractivity contribution >= 4 is 35.6 Å². The Kier molecular flexibility index (Phi) is 9.53. The van der Waals surface area contributed by atoms with Crippen molar-refractivity contribution in [2.75, 3.05) is 31.6 Å². The van der Waals surface area contributed by atoms with E-state index in [4.69, 9.17) is 15.2 Å². The van der Waals surface area contributed by atoms with Gasteiger partial charge in [-0.25, -0.2) is 4.99 Å². The highest BCUT2D eigenvalue weighted by molar-refractivity contribution is 14.0. The van der Waals surface area contributed by atoms with Gasteiger partial charge in [-0.2, -0.15) is 0 Å². The quantitative estimate of drug-likeness (QED) is 0.332. The molecule has 29 heavy (non-hydrogen) atoms. The molecule has 3 N–H and O–H groups in total. The van der Waals surface area contributed by atoms with Gasteiger partial charge in [0.15, 0.2) is 17.5 Å². The third-order valence-electron chi connectivity index (χ3n) is 4.78. The summed E-state index contributed by atoms with van der Waals surface area (Å²) < 4.78 is 11.3. The number of halogens is 1. The van der Waals surface area contributed by atoms with Crippen molar-refractivity contribution in [3.05, 3.63) is 53.6 Å². The van der Waals surface area contributed by atoms with Gasteiger partial charge in [0.2, 0.25) is 0 Å². The lowest BCUT2D eigenvalue weighted by Crippen LogP contribution is -2.22. The second-order valence-electron chi connectivity index (χ2n) is 6.82. The number of rotatable bonds is 7. The summed E-state index contributed by atoms with van der Waals surface area (Å²) in [7, 11) is 0. The SMILES string of the molecule is CCN(CC)Cc1ccc(CN=C(N)Nc2ccc3c(c2)OCCCO3)cc1.I. The molecule has 0 spiro atoms. The van der Waals surface area contributed by atoms with E-state index in [2.05, 4.69) is 53.3 Å². The first kappa shape index (κ1) is 23.3. The van der Waals surface area contributed by atoms with Gasteiger partial charge >= 0.3 is 0 Å². The number of fused-ring (bicyclic) bond motifs is 1. The molecule has 0 saturated carbocycles. The number of ether oxygens (including phenoxy) is 2. The van der Waals surface area contributed by atoms with Crippen LogP contribution >= 0.6 is 24.0 Å². The number of nitrogens with two attached hydrogens (primary N) is 1. The number of guanidine groups is 1. The molecule has 0 radical (unpaired) electrons. The van der Waals surface area contributed by atoms with Crippen LogP contribution in [-0.4, -0.2) is 37.2 Å². The molecule has 0 aromatic heterocycles. The number of benzene rings is 2. The van der Waals surface area contributed by atoms with E-state index >= 15 is 0 Å². The molecule has 6 nitrogen and oxygen atoms in total. The molecule has 3 rings (SSSR count). The Morgan fingerprint density at radius 3 is 2.34 bits per heavy atom. The number of hydrogen-bond donors (Lipinski definition) is 2. The maximum absolute atomic E-state index is 6.05. The summed E-state index contributed by atoms with van der Waals surface area (Å²) in [4.78, 5) is 6.84. The predicted octanol–water partition coefficient (Wildman–Crippen LogP) is 4.23. The molecule has 0 bridgehead atoms. The molecular formula is C22H31IN4O2. The smallest absolute Gasteiger partial charge is 0.193 e. The van der Waals surface area contributed by atoms with Crippen LogP contribution in [0.2, 0.25) is 0 Å². The molecule has 0 saturated heterocycles. The Morgan fingerprint density at radius 1 is 1.00 bits per heavy atom. The minimum atomic E-state index is 0. The van der Waals surface area contributed by atoms with Crippen molar-refractivity contribution in [2.24, 2.45) is 10.7 Å². The molecule has 1 heterocycles. The van der Waals surface area contributed by atoms with E-state index in [1.54, 1.807) is 0 Å². The van der Waals surface area contributed by atoms with E-state index in [0.717, 1.165) is 48.8 Å². The fraction of sp³-hybridized carbons (Fsp3) is 0.409. The first-order valence-electron chi connectivity index (χ1n) is 9.94. The summed E-state index contributed by atoms with van der Waals surface area (Å²) in [6.07, 6.45) is 0.884. The minimum Gasteiger partial charge on any atom is -0.490 e. The molecular weight excluding hydrogens is 479 g/mol. The van der Waals surface area contributed by atoms with Crippen molar-refractivity contribution < 1.29 is 9.47 Å². The van der Waals surface area contributed by atoms with Crippen LogP contribution in [0.5, 0.6) is 11.5 Å². The first-order chi connectivity index (χ1) is 13.7. The second-order valence-corrected chi connectivity index (χ2v) is 6.82. The summed E-state index contributed by atoms with van der Waals surface area (Å²) in [6, 6.07) is 14.3. The Hall–Kier alpha value is -2.00. The minimum absolute atomic E-state index is 0. The molecule has 0 atom stereocenters. The van der Waals surface area contributed by atoms with Crippen LogP contribution < -0.4 is 20.5 Å². The van der Waals surface area contributed by atoms with Crippen LogP contribution in [0.25, 0.3) is 0 Å². The van der Waals surface area contributed by atoms with Crippen molar-refractivity contribution in [1.29, 1.82) is 0 Å². The summed E-state index contributed by atoms with van der Waals surface area (Å²) in [5.41, 5.74) is 9.33. The van der Waals surface area contributed by atoms with Crippen molar-refractivity contribution in [3.8, 4) is 11.5 Å². The van der Waals surface area contributed by atoms with Gasteiger partial charge < -0.3 is 20.5 Å². The highest BCUT2D eigenvalue weighted by Crippen LogP contribution is 2.32. The second kappa shape index (κ2) is 11.9. The Morgan fingerprint density at radius 2 is 1.66 bits per heavy atom. The van der Waals surface area contributed by atoms with E-state index in [9.17, 15) is 0 Å². The van der Waals surface area contributed by atoms with Crippen molar-refractivity contribution in [3.63, 3.8) is 0 Å². The van der Waals surface area contributed by atoms with Gasteiger partial charge in [0.05, 0.1) is 19.8 Å². The monoisotopic (exact) mass is 510 g/mol. The van der Waals surface area contributed by atoms with E-state index in [0.29, 0.717) is 25.7 Å². The number of nitrogens with zero attached hydrogens (tertiary/aromatic N) is 2. The normalized spacial score (nSPS) is 13.6. The maximum Gasteiger partial charge on any atom is 0.193 e. The molecule has 0 aliphatic carbocycles. The molecule has 2 aromatic carbocycles. The standard InChI is InChI=1S/C22H30N4O2.HI/c1-3-26(4-2)16-18-8-6-17(7-9-18)15-24-22(23)25-19-10-11-20-21(14-19)28-13-5-12-27-20;/h6-11,14H,3-5,12-13,15-16H2,1-2H3,(H3,23,24,25);1H. The molecule has 1 aliphatic heterocycles. The Bertz CT molecular complexity index is 792. The Labute approximate surface area is 190 Å². The summed E-state index contributed by atoms with van der Waals surface area (Å²) in [5, 5.41) is 3.12. The lowest BCUT2D eigenvalue weighted by atomic mass is 10.1. The zero-order chi connectivity index (χ0) is 19.8. The van der Waals surface area contributed by atoms with Gasteiger partial charge in [-0.1, -0.05) is 38.1 Å². The fourth-order valence-electron chi connectivity index (χ4n) is 3.06. The van der Waals surface area contributed by atoms with Gasteiger partial charge in [-0.05, 0) is 36.3 Å². The molecule has 2 aromatic rings. The van der Waals surface area contributed by atoms with E-state index < -0.39 is 0 Å². The summed E-state index contributed by atoms with van der Waals surface area (Å²) in [6.45, 7) is 9.34. The van der Waals surface area contributed by atoms with Crippen LogP contribution in [0, 0.1) is 0 Å². The van der Waals surface area contributed by atoms with Gasteiger partial charge in [0.1, 0.15) is 0 Å². The molecule has 0 amide bonds. The molecule has 0 unspecified atom stereocenters. The topological polar surface area (TPSA) is 72.1 Å². The van der Waals surface area contributed by atoms with Crippen LogP contribution in [0.3, 0.4) is 0 Å². The molecule has 7 heteroatoms. The highest BCUT2D eigenvalue weighted by atomic mass is 127. The van der Waals surface area contributed by atoms with Crippen molar-refractivity contribution in [1.82, 2.24) is 4.90 Å². The first-order valence-corrected chi connectivity index (χ1v) is 9.94. The van der Waals surface area contributed by atoms with Gasteiger partial charge in [0, 0.05) is 24.7 Å². The number of hydrogen-bond acceptors (Lipinski definition) is 4. The summed E-state index contributed by atoms with van der Waals surface area (Å²) in [5.74, 6) is 1.88. The molecule has 1 aliphatic rings. The average Bonchev–Trinajstić information content (AvgIpc) is 2.96. The number of anilines is 1.